The summed E-state index contributed by atoms with van der Waals surface area (Å²) in [5.74, 6) is -0.417. The number of aromatic nitrogens is 2. The van der Waals surface area contributed by atoms with Crippen molar-refractivity contribution in [2.75, 3.05) is 36.3 Å². The van der Waals surface area contributed by atoms with Crippen molar-refractivity contribution in [3.05, 3.63) is 56.6 Å². The molecule has 0 atom stereocenters. The summed E-state index contributed by atoms with van der Waals surface area (Å²) in [6.07, 6.45) is 4.85. The maximum Gasteiger partial charge on any atom is 0.299 e. The summed E-state index contributed by atoms with van der Waals surface area (Å²) < 4.78 is 1.72. The zero-order valence-corrected chi connectivity index (χ0v) is 17.9. The molecule has 1 N–H and O–H groups in total. The molecule has 0 radical (unpaired) electrons. The van der Waals surface area contributed by atoms with Crippen molar-refractivity contribution in [1.82, 2.24) is 14.9 Å². The van der Waals surface area contributed by atoms with Crippen molar-refractivity contribution < 1.29 is 14.6 Å². The fourth-order valence-corrected chi connectivity index (χ4v) is 3.08. The first kappa shape index (κ1) is 25.4. The third kappa shape index (κ3) is 6.44. The van der Waals surface area contributed by atoms with Gasteiger partial charge in [0.1, 0.15) is 11.3 Å². The SMILES string of the molecule is Cl.O=C(NCCn1ccnc1)c1cc(N(CCCl)CCCl)c([N+](=O)[O-])cc1[N+](=O)[O-]. The van der Waals surface area contributed by atoms with Crippen LogP contribution >= 0.6 is 35.6 Å². The first-order valence-corrected chi connectivity index (χ1v) is 9.53. The average molecular weight is 482 g/mol. The summed E-state index contributed by atoms with van der Waals surface area (Å²) in [4.78, 5) is 39.3. The Morgan fingerprint density at radius 3 is 2.27 bits per heavy atom. The van der Waals surface area contributed by atoms with Gasteiger partial charge in [0.2, 0.25) is 0 Å². The molecule has 1 heterocycles. The van der Waals surface area contributed by atoms with Crippen molar-refractivity contribution in [2.45, 2.75) is 6.54 Å². The number of imidazole rings is 1. The molecule has 0 spiro atoms. The van der Waals surface area contributed by atoms with Crippen molar-refractivity contribution in [1.29, 1.82) is 0 Å². The van der Waals surface area contributed by atoms with Crippen molar-refractivity contribution >= 4 is 58.6 Å². The minimum atomic E-state index is -0.824. The zero-order chi connectivity index (χ0) is 21.4. The van der Waals surface area contributed by atoms with Gasteiger partial charge in [-0.2, -0.15) is 0 Å². The lowest BCUT2D eigenvalue weighted by Crippen LogP contribution is -2.30. The van der Waals surface area contributed by atoms with Crippen LogP contribution < -0.4 is 10.2 Å². The maximum absolute atomic E-state index is 12.6. The van der Waals surface area contributed by atoms with E-state index >= 15 is 0 Å². The van der Waals surface area contributed by atoms with Crippen molar-refractivity contribution in [3.8, 4) is 0 Å². The highest BCUT2D eigenvalue weighted by Gasteiger charge is 2.30. The molecule has 30 heavy (non-hydrogen) atoms. The Hall–Kier alpha value is -2.63. The van der Waals surface area contributed by atoms with Gasteiger partial charge in [-0.25, -0.2) is 4.98 Å². The van der Waals surface area contributed by atoms with Crippen LogP contribution in [0.15, 0.2) is 30.9 Å². The molecule has 2 rings (SSSR count). The maximum atomic E-state index is 12.6. The lowest BCUT2D eigenvalue weighted by molar-refractivity contribution is -0.393. The number of nitrogens with zero attached hydrogens (tertiary/aromatic N) is 5. The Labute approximate surface area is 187 Å². The molecule has 0 bridgehead atoms. The molecule has 11 nitrogen and oxygen atoms in total. The number of hydrogen-bond donors (Lipinski definition) is 1. The van der Waals surface area contributed by atoms with Crippen LogP contribution in [0.25, 0.3) is 0 Å². The van der Waals surface area contributed by atoms with E-state index in [1.165, 1.54) is 4.90 Å². The van der Waals surface area contributed by atoms with Gasteiger partial charge in [0.05, 0.1) is 22.2 Å². The van der Waals surface area contributed by atoms with E-state index in [0.717, 1.165) is 12.1 Å². The molecule has 0 aliphatic carbocycles. The predicted molar refractivity (Wildman–Crippen MR) is 115 cm³/mol. The second kappa shape index (κ2) is 12.2. The average Bonchev–Trinajstić information content (AvgIpc) is 3.20. The number of halogens is 3. The molecular formula is C16H19Cl3N6O5. The highest BCUT2D eigenvalue weighted by molar-refractivity contribution is 6.18. The fraction of sp³-hybridized carbons (Fsp3) is 0.375. The molecule has 0 saturated heterocycles. The van der Waals surface area contributed by atoms with E-state index in [2.05, 4.69) is 10.3 Å². The van der Waals surface area contributed by atoms with E-state index in [9.17, 15) is 25.0 Å². The lowest BCUT2D eigenvalue weighted by atomic mass is 10.1. The molecule has 0 fully saturated rings. The van der Waals surface area contributed by atoms with E-state index in [1.807, 2.05) is 0 Å². The number of nitro benzene ring substituents is 2. The van der Waals surface area contributed by atoms with Crippen LogP contribution in [0.3, 0.4) is 0 Å². The Morgan fingerprint density at radius 1 is 1.13 bits per heavy atom. The van der Waals surface area contributed by atoms with Gasteiger partial charge in [0.15, 0.2) is 0 Å². The van der Waals surface area contributed by atoms with Gasteiger partial charge in [-0.05, 0) is 6.07 Å². The summed E-state index contributed by atoms with van der Waals surface area (Å²) in [7, 11) is 0. The van der Waals surface area contributed by atoms with Crippen LogP contribution in [0.4, 0.5) is 17.1 Å². The molecule has 0 unspecified atom stereocenters. The largest absolute Gasteiger partial charge is 0.364 e. The van der Waals surface area contributed by atoms with Gasteiger partial charge in [0.25, 0.3) is 17.3 Å². The molecule has 2 aromatic rings. The summed E-state index contributed by atoms with van der Waals surface area (Å²) in [5, 5.41) is 25.5. The van der Waals surface area contributed by atoms with Gasteiger partial charge in [-0.1, -0.05) is 0 Å². The standard InChI is InChI=1S/C16H18Cl2N6O5.ClH/c17-1-5-22(6-2-18)14-9-12(13(23(26)27)10-15(14)24(28)29)16(25)20-4-8-21-7-3-19-11-21;/h3,7,9-11H,1-2,4-6,8H2,(H,20,25);1H. The van der Waals surface area contributed by atoms with E-state index in [-0.39, 0.29) is 55.1 Å². The van der Waals surface area contributed by atoms with E-state index < -0.39 is 27.1 Å². The van der Waals surface area contributed by atoms with Gasteiger partial charge >= 0.3 is 0 Å². The second-order valence-electron chi connectivity index (χ2n) is 5.79. The molecule has 1 amide bonds. The summed E-state index contributed by atoms with van der Waals surface area (Å²) in [6, 6.07) is 1.93. The number of nitrogens with one attached hydrogen (secondary N) is 1. The number of carbonyl (C=O) groups excluding carboxylic acids is 1. The molecule has 1 aromatic carbocycles. The van der Waals surface area contributed by atoms with Gasteiger partial charge in [0, 0.05) is 50.3 Å². The van der Waals surface area contributed by atoms with E-state index in [1.54, 1.807) is 23.3 Å². The number of alkyl halides is 2. The van der Waals surface area contributed by atoms with E-state index in [4.69, 9.17) is 23.2 Å². The third-order valence-electron chi connectivity index (χ3n) is 4.00. The van der Waals surface area contributed by atoms with Crippen LogP contribution in [0.1, 0.15) is 10.4 Å². The topological polar surface area (TPSA) is 136 Å². The van der Waals surface area contributed by atoms with Crippen molar-refractivity contribution in [2.24, 2.45) is 0 Å². The molecule has 164 valence electrons. The summed E-state index contributed by atoms with van der Waals surface area (Å²) in [6.45, 7) is 1.03. The molecule has 0 saturated carbocycles. The quantitative estimate of drug-likeness (QED) is 0.296. The highest BCUT2D eigenvalue weighted by Crippen LogP contribution is 2.35. The molecular weight excluding hydrogens is 463 g/mol. The fourth-order valence-electron chi connectivity index (χ4n) is 2.67. The summed E-state index contributed by atoms with van der Waals surface area (Å²) >= 11 is 11.5. The Kier molecular flexibility index (Phi) is 10.3. The number of hydrogen-bond acceptors (Lipinski definition) is 7. The number of nitro groups is 2. The van der Waals surface area contributed by atoms with Crippen LogP contribution in [0.5, 0.6) is 0 Å². The highest BCUT2D eigenvalue weighted by atomic mass is 35.5. The number of amides is 1. The third-order valence-corrected chi connectivity index (χ3v) is 4.33. The lowest BCUT2D eigenvalue weighted by Gasteiger charge is -2.23. The van der Waals surface area contributed by atoms with Gasteiger partial charge in [-0.3, -0.25) is 25.0 Å². The Bertz CT molecular complexity index is 875. The molecule has 14 heteroatoms. The van der Waals surface area contributed by atoms with Crippen LogP contribution in [-0.2, 0) is 6.54 Å². The molecule has 1 aromatic heterocycles. The minimum absolute atomic E-state index is 0. The van der Waals surface area contributed by atoms with Crippen LogP contribution in [-0.4, -0.2) is 56.7 Å². The van der Waals surface area contributed by atoms with Gasteiger partial charge in [-0.15, -0.1) is 35.6 Å². The Morgan fingerprint density at radius 2 is 1.77 bits per heavy atom. The normalized spacial score (nSPS) is 10.2. The van der Waals surface area contributed by atoms with Gasteiger partial charge < -0.3 is 14.8 Å². The Balaban J connectivity index is 0.00000450. The molecule has 0 aliphatic heterocycles. The predicted octanol–water partition coefficient (Wildman–Crippen LogP) is 2.84. The second-order valence-corrected chi connectivity index (χ2v) is 6.55. The number of carbonyl (C=O) groups is 1. The first-order valence-electron chi connectivity index (χ1n) is 8.46. The van der Waals surface area contributed by atoms with Crippen LogP contribution in [0.2, 0.25) is 0 Å². The number of anilines is 1. The summed E-state index contributed by atoms with van der Waals surface area (Å²) in [5.41, 5.74) is -1.39. The smallest absolute Gasteiger partial charge is 0.299 e. The van der Waals surface area contributed by atoms with Crippen molar-refractivity contribution in [3.63, 3.8) is 0 Å². The molecule has 0 aliphatic rings. The monoisotopic (exact) mass is 480 g/mol. The van der Waals surface area contributed by atoms with Crippen LogP contribution in [0, 0.1) is 20.2 Å². The number of rotatable bonds is 11. The first-order chi connectivity index (χ1) is 13.9. The minimum Gasteiger partial charge on any atom is -0.364 e. The number of benzene rings is 1. The zero-order valence-electron chi connectivity index (χ0n) is 15.6. The van der Waals surface area contributed by atoms with E-state index in [0.29, 0.717) is 6.54 Å².